The molecule has 2 aromatic carbocycles. The van der Waals surface area contributed by atoms with E-state index in [-0.39, 0.29) is 11.7 Å². The summed E-state index contributed by atoms with van der Waals surface area (Å²) in [6.45, 7) is 2.68. The summed E-state index contributed by atoms with van der Waals surface area (Å²) in [5.74, 6) is 0.842. The molecule has 1 N–H and O–H groups in total. The number of nitrogens with one attached hydrogen (secondary N) is 1. The van der Waals surface area contributed by atoms with Crippen LogP contribution in [0.1, 0.15) is 28.7 Å². The van der Waals surface area contributed by atoms with Gasteiger partial charge in [0.1, 0.15) is 22.1 Å². The Morgan fingerprint density at radius 1 is 1.08 bits per heavy atom. The molecule has 1 amide bonds. The van der Waals surface area contributed by atoms with Crippen molar-refractivity contribution in [1.29, 1.82) is 0 Å². The monoisotopic (exact) mass is 556 g/mol. The zero-order chi connectivity index (χ0) is 26.4. The van der Waals surface area contributed by atoms with Gasteiger partial charge >= 0.3 is 5.97 Å². The van der Waals surface area contributed by atoms with E-state index >= 15 is 0 Å². The van der Waals surface area contributed by atoms with E-state index in [1.807, 2.05) is 65.4 Å². The number of ether oxygens (including phenoxy) is 2. The minimum atomic E-state index is -0.521. The third-order valence-electron chi connectivity index (χ3n) is 5.55. The van der Waals surface area contributed by atoms with Crippen molar-refractivity contribution in [3.63, 3.8) is 0 Å². The van der Waals surface area contributed by atoms with Gasteiger partial charge in [-0.2, -0.15) is 0 Å². The number of anilines is 1. The van der Waals surface area contributed by atoms with Crippen molar-refractivity contribution in [2.45, 2.75) is 25.0 Å². The fraction of sp³-hybridized carbons (Fsp3) is 0.231. The molecule has 0 unspecified atom stereocenters. The predicted octanol–water partition coefficient (Wildman–Crippen LogP) is 5.80. The number of methoxy groups -OCH3 is 2. The Bertz CT molecular complexity index is 1380. The minimum absolute atomic E-state index is 0.107. The van der Waals surface area contributed by atoms with Gasteiger partial charge in [-0.3, -0.25) is 4.79 Å². The van der Waals surface area contributed by atoms with Crippen LogP contribution in [0.4, 0.5) is 5.00 Å². The topological polar surface area (TPSA) is 95.3 Å². The van der Waals surface area contributed by atoms with Gasteiger partial charge in [0.2, 0.25) is 5.91 Å². The normalized spacial score (nSPS) is 10.8. The van der Waals surface area contributed by atoms with Crippen LogP contribution in [-0.2, 0) is 22.5 Å². The van der Waals surface area contributed by atoms with Crippen LogP contribution in [0.5, 0.6) is 5.75 Å². The maximum absolute atomic E-state index is 12.8. The van der Waals surface area contributed by atoms with Crippen molar-refractivity contribution >= 4 is 51.6 Å². The van der Waals surface area contributed by atoms with Crippen LogP contribution in [-0.4, -0.2) is 46.6 Å². The van der Waals surface area contributed by atoms with Gasteiger partial charge in [0.15, 0.2) is 5.16 Å². The number of aromatic nitrogens is 3. The zero-order valence-electron chi connectivity index (χ0n) is 20.5. The lowest BCUT2D eigenvalue weighted by molar-refractivity contribution is -0.113. The largest absolute Gasteiger partial charge is 0.497 e. The molecule has 0 saturated heterocycles. The highest BCUT2D eigenvalue weighted by atomic mass is 35.5. The summed E-state index contributed by atoms with van der Waals surface area (Å²) in [6.07, 6.45) is 0.608. The molecule has 4 rings (SSSR count). The summed E-state index contributed by atoms with van der Waals surface area (Å²) in [5.41, 5.74) is 2.89. The number of benzene rings is 2. The van der Waals surface area contributed by atoms with Gasteiger partial charge in [0, 0.05) is 28.9 Å². The summed E-state index contributed by atoms with van der Waals surface area (Å²) in [4.78, 5) is 25.4. The number of thioether (sulfide) groups is 1. The molecule has 0 aliphatic carbocycles. The van der Waals surface area contributed by atoms with Crippen molar-refractivity contribution < 1.29 is 19.1 Å². The summed E-state index contributed by atoms with van der Waals surface area (Å²) >= 11 is 8.54. The molecule has 0 radical (unpaired) electrons. The molecule has 4 aromatic rings. The number of carbonyl (C=O) groups excluding carboxylic acids is 2. The quantitative estimate of drug-likeness (QED) is 0.195. The van der Waals surface area contributed by atoms with Gasteiger partial charge < -0.3 is 19.4 Å². The maximum atomic E-state index is 12.8. The molecule has 0 aliphatic rings. The van der Waals surface area contributed by atoms with E-state index in [0.717, 1.165) is 17.0 Å². The molecule has 0 fully saturated rings. The van der Waals surface area contributed by atoms with E-state index in [9.17, 15) is 9.59 Å². The molecule has 0 atom stereocenters. The smallest absolute Gasteiger partial charge is 0.341 e. The third kappa shape index (κ3) is 6.33. The van der Waals surface area contributed by atoms with Crippen molar-refractivity contribution in [2.24, 2.45) is 0 Å². The van der Waals surface area contributed by atoms with Crippen LogP contribution in [0.2, 0.25) is 5.02 Å². The number of thiophene rings is 1. The average molecular weight is 557 g/mol. The van der Waals surface area contributed by atoms with Crippen molar-refractivity contribution in [3.8, 4) is 16.9 Å². The van der Waals surface area contributed by atoms with E-state index in [0.29, 0.717) is 45.0 Å². The van der Waals surface area contributed by atoms with E-state index in [4.69, 9.17) is 21.1 Å². The Morgan fingerprint density at radius 2 is 1.81 bits per heavy atom. The highest BCUT2D eigenvalue weighted by Crippen LogP contribution is 2.37. The number of amides is 1. The van der Waals surface area contributed by atoms with Crippen molar-refractivity contribution in [3.05, 3.63) is 75.9 Å². The van der Waals surface area contributed by atoms with Crippen molar-refractivity contribution in [1.82, 2.24) is 14.8 Å². The first-order chi connectivity index (χ1) is 17.9. The Balaban J connectivity index is 1.46. The van der Waals surface area contributed by atoms with Crippen LogP contribution in [0.15, 0.2) is 59.1 Å². The molecular weight excluding hydrogens is 532 g/mol. The van der Waals surface area contributed by atoms with Gasteiger partial charge in [0.25, 0.3) is 0 Å². The number of rotatable bonds is 10. The Labute approximate surface area is 228 Å². The molecule has 0 bridgehead atoms. The first-order valence-corrected chi connectivity index (χ1v) is 13.6. The number of hydrogen-bond donors (Lipinski definition) is 1. The average Bonchev–Trinajstić information content (AvgIpc) is 3.51. The highest BCUT2D eigenvalue weighted by molar-refractivity contribution is 7.99. The van der Waals surface area contributed by atoms with Crippen molar-refractivity contribution in [2.75, 3.05) is 25.3 Å². The number of carbonyl (C=O) groups is 2. The fourth-order valence-electron chi connectivity index (χ4n) is 3.69. The molecule has 37 heavy (non-hydrogen) atoms. The number of hydrogen-bond acceptors (Lipinski definition) is 8. The molecular formula is C26H25ClN4O4S2. The summed E-state index contributed by atoms with van der Waals surface area (Å²) in [7, 11) is 2.91. The molecule has 2 heterocycles. The predicted molar refractivity (Wildman–Crippen MR) is 147 cm³/mol. The number of esters is 1. The van der Waals surface area contributed by atoms with Gasteiger partial charge in [-0.1, -0.05) is 47.6 Å². The SMILES string of the molecule is CCn1c(Cc2ccc(Cl)cc2)nnc1SCC(=O)Nc1scc(-c2ccc(OC)cc2)c1C(=O)OC. The van der Waals surface area contributed by atoms with Crippen LogP contribution in [0, 0.1) is 0 Å². The van der Waals surface area contributed by atoms with Crippen LogP contribution in [0.3, 0.4) is 0 Å². The molecule has 0 aliphatic heterocycles. The molecule has 192 valence electrons. The minimum Gasteiger partial charge on any atom is -0.497 e. The summed E-state index contributed by atoms with van der Waals surface area (Å²) < 4.78 is 12.2. The molecule has 11 heteroatoms. The molecule has 0 saturated carbocycles. The van der Waals surface area contributed by atoms with Gasteiger partial charge in [-0.05, 0) is 42.3 Å². The van der Waals surface area contributed by atoms with Crippen LogP contribution in [0.25, 0.3) is 11.1 Å². The summed E-state index contributed by atoms with van der Waals surface area (Å²) in [6, 6.07) is 14.9. The Morgan fingerprint density at radius 3 is 2.46 bits per heavy atom. The second-order valence-corrected chi connectivity index (χ2v) is 10.1. The van der Waals surface area contributed by atoms with E-state index in [1.165, 1.54) is 30.2 Å². The second-order valence-electron chi connectivity index (χ2n) is 7.86. The van der Waals surface area contributed by atoms with E-state index in [1.54, 1.807) is 7.11 Å². The standard InChI is InChI=1S/C26H25ClN4O4S2/c1-4-31-21(13-16-5-9-18(27)10-6-16)29-30-26(31)37-15-22(32)28-24-23(25(33)35-3)20(14-36-24)17-7-11-19(34-2)12-8-17/h5-12,14H,4,13,15H2,1-3H3,(H,28,32). The Hall–Kier alpha value is -3.34. The molecule has 2 aromatic heterocycles. The van der Waals surface area contributed by atoms with E-state index in [2.05, 4.69) is 15.5 Å². The lowest BCUT2D eigenvalue weighted by Gasteiger charge is -2.09. The highest BCUT2D eigenvalue weighted by Gasteiger charge is 2.23. The molecule has 8 nitrogen and oxygen atoms in total. The maximum Gasteiger partial charge on any atom is 0.341 e. The zero-order valence-corrected chi connectivity index (χ0v) is 22.9. The van der Waals surface area contributed by atoms with E-state index < -0.39 is 5.97 Å². The lowest BCUT2D eigenvalue weighted by atomic mass is 10.0. The first kappa shape index (κ1) is 26.7. The second kappa shape index (κ2) is 12.3. The lowest BCUT2D eigenvalue weighted by Crippen LogP contribution is -2.16. The summed E-state index contributed by atoms with van der Waals surface area (Å²) in [5, 5.41) is 15.1. The first-order valence-electron chi connectivity index (χ1n) is 11.4. The number of halogens is 1. The Kier molecular flexibility index (Phi) is 8.86. The van der Waals surface area contributed by atoms with Gasteiger partial charge in [-0.25, -0.2) is 4.79 Å². The van der Waals surface area contributed by atoms with Gasteiger partial charge in [0.05, 0.1) is 20.0 Å². The van der Waals surface area contributed by atoms with Crippen LogP contribution < -0.4 is 10.1 Å². The van der Waals surface area contributed by atoms with Crippen LogP contribution >= 0.6 is 34.7 Å². The fourth-order valence-corrected chi connectivity index (χ4v) is 5.61. The molecule has 0 spiro atoms. The van der Waals surface area contributed by atoms with Gasteiger partial charge in [-0.15, -0.1) is 21.5 Å². The number of nitrogens with zero attached hydrogens (tertiary/aromatic N) is 3. The third-order valence-corrected chi connectivity index (χ3v) is 7.67.